The van der Waals surface area contributed by atoms with E-state index < -0.39 is 0 Å². The summed E-state index contributed by atoms with van der Waals surface area (Å²) in [6.07, 6.45) is 6.99. The van der Waals surface area contributed by atoms with Crippen molar-refractivity contribution in [2.45, 2.75) is 26.7 Å². The molecule has 0 atom stereocenters. The lowest BCUT2D eigenvalue weighted by molar-refractivity contribution is 0.573. The van der Waals surface area contributed by atoms with Crippen molar-refractivity contribution < 1.29 is 0 Å². The third-order valence-corrected chi connectivity index (χ3v) is 7.41. The highest BCUT2D eigenvalue weighted by Crippen LogP contribution is 2.61. The molecule has 2 aliphatic rings. The van der Waals surface area contributed by atoms with Gasteiger partial charge in [0.15, 0.2) is 0 Å². The van der Waals surface area contributed by atoms with Crippen molar-refractivity contribution in [1.82, 2.24) is 0 Å². The summed E-state index contributed by atoms with van der Waals surface area (Å²) in [5.74, 6) is 0. The van der Waals surface area contributed by atoms with Gasteiger partial charge in [0.2, 0.25) is 0 Å². The minimum atomic E-state index is -0.0385. The number of benzene rings is 4. The second-order valence-corrected chi connectivity index (χ2v) is 9.69. The van der Waals surface area contributed by atoms with Gasteiger partial charge in [0.1, 0.15) is 0 Å². The Hall–Kier alpha value is -3.64. The standard InChI is InChI=1S/C33H28/c1-23-11-15-25(16-12-23)19-31-29-9-5-3-7-27(29)21-33(31)22-28-8-4-6-10-30(28)32(33)20-26-17-13-24(2)14-18-26/h3-20H,21-22H2,1-2H3/b31-19+,32-20+. The molecule has 0 nitrogen and oxygen atoms in total. The van der Waals surface area contributed by atoms with Gasteiger partial charge in [0.05, 0.1) is 0 Å². The van der Waals surface area contributed by atoms with Crippen LogP contribution in [-0.4, -0.2) is 0 Å². The van der Waals surface area contributed by atoms with Crippen molar-refractivity contribution in [2.75, 3.05) is 0 Å². The van der Waals surface area contributed by atoms with E-state index in [2.05, 4.69) is 123 Å². The summed E-state index contributed by atoms with van der Waals surface area (Å²) in [6, 6.07) is 35.9. The molecule has 2 aliphatic carbocycles. The Morgan fingerprint density at radius 1 is 0.515 bits per heavy atom. The molecule has 0 saturated heterocycles. The molecule has 6 rings (SSSR count). The fourth-order valence-corrected chi connectivity index (χ4v) is 5.72. The summed E-state index contributed by atoms with van der Waals surface area (Å²) in [4.78, 5) is 0. The molecule has 4 aromatic carbocycles. The van der Waals surface area contributed by atoms with Crippen LogP contribution in [0.5, 0.6) is 0 Å². The zero-order valence-corrected chi connectivity index (χ0v) is 19.3. The van der Waals surface area contributed by atoms with Crippen LogP contribution in [0, 0.1) is 19.3 Å². The van der Waals surface area contributed by atoms with E-state index in [0.29, 0.717) is 0 Å². The predicted octanol–water partition coefficient (Wildman–Crippen LogP) is 8.18. The molecule has 160 valence electrons. The summed E-state index contributed by atoms with van der Waals surface area (Å²) in [6.45, 7) is 4.30. The first-order valence-electron chi connectivity index (χ1n) is 11.9. The van der Waals surface area contributed by atoms with Gasteiger partial charge in [0.25, 0.3) is 0 Å². The summed E-state index contributed by atoms with van der Waals surface area (Å²) in [7, 11) is 0. The molecule has 4 aromatic rings. The minimum Gasteiger partial charge on any atom is -0.0620 e. The van der Waals surface area contributed by atoms with Crippen LogP contribution in [0.15, 0.2) is 97.1 Å². The maximum atomic E-state index is 2.44. The van der Waals surface area contributed by atoms with Gasteiger partial charge in [-0.3, -0.25) is 0 Å². The molecule has 0 unspecified atom stereocenters. The van der Waals surface area contributed by atoms with Crippen molar-refractivity contribution in [2.24, 2.45) is 5.41 Å². The predicted molar refractivity (Wildman–Crippen MR) is 141 cm³/mol. The van der Waals surface area contributed by atoms with Crippen molar-refractivity contribution in [3.8, 4) is 0 Å². The topological polar surface area (TPSA) is 0 Å². The smallest absolute Gasteiger partial charge is 0.0296 e. The van der Waals surface area contributed by atoms with Crippen molar-refractivity contribution in [3.63, 3.8) is 0 Å². The number of rotatable bonds is 2. The number of hydrogen-bond donors (Lipinski definition) is 0. The molecule has 1 spiro atoms. The van der Waals surface area contributed by atoms with E-state index in [1.54, 1.807) is 0 Å². The molecule has 0 heteroatoms. The summed E-state index contributed by atoms with van der Waals surface area (Å²) >= 11 is 0. The van der Waals surface area contributed by atoms with Gasteiger partial charge < -0.3 is 0 Å². The molecule has 0 aliphatic heterocycles. The maximum Gasteiger partial charge on any atom is 0.0296 e. The second kappa shape index (κ2) is 7.74. The average molecular weight is 425 g/mol. The Morgan fingerprint density at radius 3 is 1.33 bits per heavy atom. The average Bonchev–Trinajstić information content (AvgIpc) is 3.31. The minimum absolute atomic E-state index is 0.0385. The lowest BCUT2D eigenvalue weighted by atomic mass is 9.73. The van der Waals surface area contributed by atoms with E-state index in [1.165, 1.54) is 55.7 Å². The van der Waals surface area contributed by atoms with Crippen LogP contribution in [0.1, 0.15) is 44.5 Å². The van der Waals surface area contributed by atoms with E-state index in [4.69, 9.17) is 0 Å². The Labute approximate surface area is 196 Å². The molecule has 0 fully saturated rings. The van der Waals surface area contributed by atoms with E-state index in [9.17, 15) is 0 Å². The molecule has 0 heterocycles. The third kappa shape index (κ3) is 3.38. The van der Waals surface area contributed by atoms with E-state index in [1.807, 2.05) is 0 Å². The van der Waals surface area contributed by atoms with Crippen LogP contribution in [0.25, 0.3) is 23.3 Å². The number of aryl methyl sites for hydroxylation is 2. The maximum absolute atomic E-state index is 2.44. The SMILES string of the molecule is Cc1ccc(/C=C2\c3ccccc3CC23Cc2ccccc2/C3=C\c2ccc(C)cc2)cc1. The Morgan fingerprint density at radius 2 is 0.909 bits per heavy atom. The monoisotopic (exact) mass is 424 g/mol. The van der Waals surface area contributed by atoms with Gasteiger partial charge >= 0.3 is 0 Å². The number of hydrogen-bond acceptors (Lipinski definition) is 0. The van der Waals surface area contributed by atoms with Gasteiger partial charge in [-0.2, -0.15) is 0 Å². The summed E-state index contributed by atoms with van der Waals surface area (Å²) < 4.78 is 0. The zero-order chi connectivity index (χ0) is 22.4. The summed E-state index contributed by atoms with van der Waals surface area (Å²) in [5.41, 5.74) is 13.7. The van der Waals surface area contributed by atoms with E-state index in [-0.39, 0.29) is 5.41 Å². The van der Waals surface area contributed by atoms with E-state index in [0.717, 1.165) is 12.8 Å². The quantitative estimate of drug-likeness (QED) is 0.304. The molecule has 33 heavy (non-hydrogen) atoms. The number of fused-ring (bicyclic) bond motifs is 2. The van der Waals surface area contributed by atoms with Gasteiger partial charge in [-0.15, -0.1) is 0 Å². The molecule has 0 radical (unpaired) electrons. The normalized spacial score (nSPS) is 18.1. The van der Waals surface area contributed by atoms with Crippen molar-refractivity contribution >= 4 is 23.3 Å². The van der Waals surface area contributed by atoms with Crippen molar-refractivity contribution in [1.29, 1.82) is 0 Å². The molecule has 0 bridgehead atoms. The lowest BCUT2D eigenvalue weighted by Gasteiger charge is -2.29. The second-order valence-electron chi connectivity index (χ2n) is 9.69. The fourth-order valence-electron chi connectivity index (χ4n) is 5.72. The van der Waals surface area contributed by atoms with E-state index >= 15 is 0 Å². The largest absolute Gasteiger partial charge is 0.0620 e. The first kappa shape index (κ1) is 20.0. The van der Waals surface area contributed by atoms with Crippen molar-refractivity contribution in [3.05, 3.63) is 142 Å². The molecule has 0 N–H and O–H groups in total. The third-order valence-electron chi connectivity index (χ3n) is 7.41. The Balaban J connectivity index is 1.59. The fraction of sp³-hybridized carbons (Fsp3) is 0.152. The van der Waals surface area contributed by atoms with Crippen LogP contribution < -0.4 is 0 Å². The van der Waals surface area contributed by atoms with Crippen LogP contribution in [0.3, 0.4) is 0 Å². The highest BCUT2D eigenvalue weighted by molar-refractivity contribution is 6.04. The van der Waals surface area contributed by atoms with Crippen LogP contribution in [-0.2, 0) is 12.8 Å². The molecule has 0 amide bonds. The highest BCUT2D eigenvalue weighted by Gasteiger charge is 2.49. The molecular weight excluding hydrogens is 396 g/mol. The molecular formula is C33H28. The number of allylic oxidation sites excluding steroid dienone is 2. The first-order chi connectivity index (χ1) is 16.1. The first-order valence-corrected chi connectivity index (χ1v) is 11.9. The zero-order valence-electron chi connectivity index (χ0n) is 19.3. The van der Waals surface area contributed by atoms with Crippen LogP contribution >= 0.6 is 0 Å². The van der Waals surface area contributed by atoms with Gasteiger partial charge in [-0.25, -0.2) is 0 Å². The lowest BCUT2D eigenvalue weighted by Crippen LogP contribution is -2.20. The van der Waals surface area contributed by atoms with Gasteiger partial charge in [-0.1, -0.05) is 120 Å². The molecule has 0 saturated carbocycles. The van der Waals surface area contributed by atoms with Gasteiger partial charge in [0, 0.05) is 5.41 Å². The van der Waals surface area contributed by atoms with Gasteiger partial charge in [-0.05, 0) is 71.2 Å². The Bertz CT molecular complexity index is 1280. The van der Waals surface area contributed by atoms with Crippen LogP contribution in [0.4, 0.5) is 0 Å². The molecule has 0 aromatic heterocycles. The van der Waals surface area contributed by atoms with Crippen LogP contribution in [0.2, 0.25) is 0 Å². The highest BCUT2D eigenvalue weighted by atomic mass is 14.5. The Kier molecular flexibility index (Phi) is 4.69. The summed E-state index contributed by atoms with van der Waals surface area (Å²) in [5, 5.41) is 0.